The van der Waals surface area contributed by atoms with Crippen molar-refractivity contribution in [1.82, 2.24) is 4.57 Å². The summed E-state index contributed by atoms with van der Waals surface area (Å²) in [4.78, 5) is 43.0. The average molecular weight is 604 g/mol. The summed E-state index contributed by atoms with van der Waals surface area (Å²) in [6, 6.07) is 12.4. The van der Waals surface area contributed by atoms with Crippen molar-refractivity contribution in [2.45, 2.75) is 33.7 Å². The van der Waals surface area contributed by atoms with E-state index in [1.165, 1.54) is 23.8 Å². The van der Waals surface area contributed by atoms with E-state index in [1.807, 2.05) is 13.8 Å². The Morgan fingerprint density at radius 1 is 1.12 bits per heavy atom. The summed E-state index contributed by atoms with van der Waals surface area (Å²) >= 11 is 1.16. The van der Waals surface area contributed by atoms with Crippen molar-refractivity contribution in [2.24, 2.45) is 4.99 Å². The molecule has 4 aromatic rings. The number of nitro benzene ring substituents is 1. The van der Waals surface area contributed by atoms with Crippen LogP contribution in [0.2, 0.25) is 0 Å². The summed E-state index contributed by atoms with van der Waals surface area (Å²) in [6.07, 6.45) is 1.60. The number of ether oxygens (including phenoxy) is 3. The zero-order valence-corrected chi connectivity index (χ0v) is 25.0. The highest BCUT2D eigenvalue weighted by Gasteiger charge is 2.34. The molecule has 12 heteroatoms. The van der Waals surface area contributed by atoms with E-state index in [-0.39, 0.29) is 23.4 Å². The van der Waals surface area contributed by atoms with E-state index in [1.54, 1.807) is 56.3 Å². The fourth-order valence-electron chi connectivity index (χ4n) is 4.93. The number of methoxy groups -OCH3 is 1. The van der Waals surface area contributed by atoms with Gasteiger partial charge in [-0.2, -0.15) is 0 Å². The van der Waals surface area contributed by atoms with E-state index in [2.05, 4.69) is 4.99 Å². The predicted molar refractivity (Wildman–Crippen MR) is 160 cm³/mol. The number of fused-ring (bicyclic) bond motifs is 1. The van der Waals surface area contributed by atoms with Crippen LogP contribution in [0.5, 0.6) is 11.5 Å². The highest BCUT2D eigenvalue weighted by atomic mass is 32.1. The van der Waals surface area contributed by atoms with Crippen LogP contribution in [0.4, 0.5) is 5.69 Å². The van der Waals surface area contributed by atoms with Crippen molar-refractivity contribution in [3.05, 3.63) is 106 Å². The molecule has 0 N–H and O–H groups in total. The molecule has 3 heterocycles. The minimum absolute atomic E-state index is 0.0503. The normalized spacial score (nSPS) is 14.7. The molecular formula is C31H29N3O8S. The fourth-order valence-corrected chi connectivity index (χ4v) is 5.96. The molecule has 1 atom stereocenters. The van der Waals surface area contributed by atoms with E-state index in [9.17, 15) is 19.7 Å². The molecule has 1 aliphatic rings. The van der Waals surface area contributed by atoms with E-state index >= 15 is 0 Å². The number of rotatable bonds is 9. The van der Waals surface area contributed by atoms with Gasteiger partial charge in [-0.25, -0.2) is 9.79 Å². The lowest BCUT2D eigenvalue weighted by Gasteiger charge is -2.25. The van der Waals surface area contributed by atoms with Crippen molar-refractivity contribution in [3.8, 4) is 22.8 Å². The third-order valence-electron chi connectivity index (χ3n) is 6.92. The highest BCUT2D eigenvalue weighted by molar-refractivity contribution is 7.07. The standard InChI is InChI=1S/C31H29N3O8S/c1-6-40-25-14-19(9-12-24(25)39-5)28-27(30(36)41-7-2)18(4)32-31-33(28)29(35)26(43-31)16-21-11-13-23(42-21)22-15-20(34(37)38)10-8-17(22)3/h8-16,28H,6-7H2,1-5H3/b26-16-/t28-/m1/s1. The monoisotopic (exact) mass is 603 g/mol. The van der Waals surface area contributed by atoms with Crippen LogP contribution in [0.25, 0.3) is 17.4 Å². The molecule has 1 aliphatic heterocycles. The number of hydrogen-bond donors (Lipinski definition) is 0. The molecule has 2 aromatic carbocycles. The van der Waals surface area contributed by atoms with Crippen LogP contribution >= 0.6 is 11.3 Å². The molecule has 0 saturated carbocycles. The van der Waals surface area contributed by atoms with Gasteiger partial charge in [0.2, 0.25) is 0 Å². The lowest BCUT2D eigenvalue weighted by atomic mass is 9.95. The Hall–Kier alpha value is -4.97. The first kappa shape index (κ1) is 29.5. The van der Waals surface area contributed by atoms with Crippen molar-refractivity contribution >= 4 is 29.1 Å². The Labute approximate surface area is 250 Å². The van der Waals surface area contributed by atoms with Crippen molar-refractivity contribution in [2.75, 3.05) is 20.3 Å². The number of nitro groups is 1. The number of carbonyl (C=O) groups is 1. The zero-order chi connectivity index (χ0) is 30.8. The quantitative estimate of drug-likeness (QED) is 0.153. The number of non-ortho nitro benzene ring substituents is 1. The average Bonchev–Trinajstić information content (AvgIpc) is 3.56. The fraction of sp³-hybridized carbons (Fsp3) is 0.258. The molecular weight excluding hydrogens is 574 g/mol. The van der Waals surface area contributed by atoms with Gasteiger partial charge in [0, 0.05) is 23.8 Å². The molecule has 0 spiro atoms. The number of allylic oxidation sites excluding steroid dienone is 1. The van der Waals surface area contributed by atoms with Crippen LogP contribution in [0.3, 0.4) is 0 Å². The number of aryl methyl sites for hydroxylation is 1. The van der Waals surface area contributed by atoms with Gasteiger partial charge in [-0.15, -0.1) is 0 Å². The summed E-state index contributed by atoms with van der Waals surface area (Å²) in [6.45, 7) is 7.66. The van der Waals surface area contributed by atoms with Crippen molar-refractivity contribution < 1.29 is 28.3 Å². The number of hydrogen-bond acceptors (Lipinski definition) is 10. The third kappa shape index (κ3) is 5.61. The molecule has 0 radical (unpaired) electrons. The first-order chi connectivity index (χ1) is 20.7. The predicted octanol–water partition coefficient (Wildman–Crippen LogP) is 4.68. The van der Waals surface area contributed by atoms with E-state index in [4.69, 9.17) is 18.6 Å². The van der Waals surface area contributed by atoms with Crippen LogP contribution in [0.15, 0.2) is 74.0 Å². The Morgan fingerprint density at radius 2 is 1.91 bits per heavy atom. The van der Waals surface area contributed by atoms with E-state index < -0.39 is 16.9 Å². The minimum atomic E-state index is -0.831. The Kier molecular flexibility index (Phi) is 8.31. The summed E-state index contributed by atoms with van der Waals surface area (Å²) in [5.74, 6) is 1.23. The molecule has 0 aliphatic carbocycles. The largest absolute Gasteiger partial charge is 0.493 e. The van der Waals surface area contributed by atoms with Gasteiger partial charge in [0.1, 0.15) is 11.5 Å². The summed E-state index contributed by atoms with van der Waals surface area (Å²) in [5, 5.41) is 11.3. The van der Waals surface area contributed by atoms with Crippen LogP contribution in [-0.2, 0) is 9.53 Å². The maximum absolute atomic E-state index is 14.0. The second-order valence-electron chi connectivity index (χ2n) is 9.60. The Morgan fingerprint density at radius 3 is 2.60 bits per heavy atom. The SMILES string of the molecule is CCOC(=O)C1=C(C)N=c2s/c(=C\c3ccc(-c4cc([N+](=O)[O-])ccc4C)o3)c(=O)n2[C@@H]1c1ccc(OC)c(OCC)c1. The van der Waals surface area contributed by atoms with Crippen LogP contribution in [0, 0.1) is 17.0 Å². The van der Waals surface area contributed by atoms with Gasteiger partial charge in [0.05, 0.1) is 47.1 Å². The van der Waals surface area contributed by atoms with Gasteiger partial charge in [0.15, 0.2) is 16.3 Å². The van der Waals surface area contributed by atoms with Gasteiger partial charge in [-0.1, -0.05) is 23.5 Å². The van der Waals surface area contributed by atoms with Crippen LogP contribution in [-0.4, -0.2) is 35.8 Å². The molecule has 0 bridgehead atoms. The second-order valence-corrected chi connectivity index (χ2v) is 10.6. The molecule has 0 unspecified atom stereocenters. The lowest BCUT2D eigenvalue weighted by molar-refractivity contribution is -0.384. The molecule has 222 valence electrons. The molecule has 5 rings (SSSR count). The Bertz CT molecular complexity index is 1950. The lowest BCUT2D eigenvalue weighted by Crippen LogP contribution is -2.39. The molecule has 43 heavy (non-hydrogen) atoms. The zero-order valence-electron chi connectivity index (χ0n) is 24.2. The molecule has 11 nitrogen and oxygen atoms in total. The minimum Gasteiger partial charge on any atom is -0.493 e. The number of thiazole rings is 1. The van der Waals surface area contributed by atoms with Crippen LogP contribution < -0.4 is 24.4 Å². The second kappa shape index (κ2) is 12.1. The number of benzene rings is 2. The third-order valence-corrected chi connectivity index (χ3v) is 7.90. The van der Waals surface area contributed by atoms with Crippen LogP contribution in [0.1, 0.15) is 43.7 Å². The summed E-state index contributed by atoms with van der Waals surface area (Å²) < 4.78 is 24.4. The smallest absolute Gasteiger partial charge is 0.338 e. The maximum atomic E-state index is 14.0. The van der Waals surface area contributed by atoms with Crippen molar-refractivity contribution in [1.29, 1.82) is 0 Å². The van der Waals surface area contributed by atoms with Gasteiger partial charge < -0.3 is 18.6 Å². The first-order valence-corrected chi connectivity index (χ1v) is 14.3. The maximum Gasteiger partial charge on any atom is 0.338 e. The number of aromatic nitrogens is 1. The molecule has 2 aromatic heterocycles. The van der Waals surface area contributed by atoms with Gasteiger partial charge in [-0.05, 0) is 63.1 Å². The van der Waals surface area contributed by atoms with E-state index in [0.717, 1.165) is 16.9 Å². The number of furan rings is 1. The highest BCUT2D eigenvalue weighted by Crippen LogP contribution is 2.36. The number of carbonyl (C=O) groups excluding carboxylic acids is 1. The molecule has 0 saturated heterocycles. The summed E-state index contributed by atoms with van der Waals surface area (Å²) in [5.41, 5.74) is 2.26. The summed E-state index contributed by atoms with van der Waals surface area (Å²) in [7, 11) is 1.54. The Balaban J connectivity index is 1.65. The van der Waals surface area contributed by atoms with Gasteiger partial charge in [0.25, 0.3) is 11.2 Å². The van der Waals surface area contributed by atoms with Gasteiger partial charge >= 0.3 is 5.97 Å². The van der Waals surface area contributed by atoms with Crippen molar-refractivity contribution in [3.63, 3.8) is 0 Å². The first-order valence-electron chi connectivity index (χ1n) is 13.5. The van der Waals surface area contributed by atoms with Gasteiger partial charge in [-0.3, -0.25) is 19.5 Å². The number of nitrogens with zero attached hydrogens (tertiary/aromatic N) is 3. The molecule has 0 amide bonds. The number of esters is 1. The molecule has 0 fully saturated rings. The van der Waals surface area contributed by atoms with E-state index in [0.29, 0.717) is 55.8 Å². The topological polar surface area (TPSA) is 135 Å².